The van der Waals surface area contributed by atoms with Crippen LogP contribution in [-0.2, 0) is 0 Å². The maximum Gasteiger partial charge on any atom is 0.254 e. The van der Waals surface area contributed by atoms with E-state index in [1.54, 1.807) is 28.4 Å². The van der Waals surface area contributed by atoms with Crippen molar-refractivity contribution < 1.29 is 14.3 Å². The second-order valence-electron chi connectivity index (χ2n) is 6.21. The number of carbonyl (C=O) groups excluding carboxylic acids is 1. The number of thiophene rings is 1. The Hall–Kier alpha value is -2.31. The minimum absolute atomic E-state index is 0.0551. The molecular weight excluding hydrogens is 339 g/mol. The maximum absolute atomic E-state index is 13.8. The van der Waals surface area contributed by atoms with E-state index >= 15 is 0 Å². The van der Waals surface area contributed by atoms with E-state index < -0.39 is 5.82 Å². The first-order chi connectivity index (χ1) is 12.2. The molecule has 128 valence electrons. The Kier molecular flexibility index (Phi) is 4.23. The van der Waals surface area contributed by atoms with Gasteiger partial charge in [-0.25, -0.2) is 9.37 Å². The molecule has 1 atom stereocenters. The molecule has 3 heterocycles. The van der Waals surface area contributed by atoms with Crippen LogP contribution in [0.15, 0.2) is 41.1 Å². The summed E-state index contributed by atoms with van der Waals surface area (Å²) in [5.41, 5.74) is 2.66. The summed E-state index contributed by atoms with van der Waals surface area (Å²) in [7, 11) is 0. The molecule has 6 heteroatoms. The van der Waals surface area contributed by atoms with Crippen LogP contribution in [0.4, 0.5) is 4.39 Å². The molecule has 1 aromatic carbocycles. The highest BCUT2D eigenvalue weighted by Gasteiger charge is 2.30. The highest BCUT2D eigenvalue weighted by atomic mass is 32.1. The molecule has 1 aliphatic rings. The Morgan fingerprint density at radius 1 is 1.36 bits per heavy atom. The van der Waals surface area contributed by atoms with Crippen molar-refractivity contribution in [3.05, 3.63) is 52.5 Å². The van der Waals surface area contributed by atoms with E-state index in [0.29, 0.717) is 28.7 Å². The first-order valence-corrected chi connectivity index (χ1v) is 9.16. The van der Waals surface area contributed by atoms with E-state index in [1.165, 1.54) is 12.1 Å². The largest absolute Gasteiger partial charge is 0.394 e. The number of halogens is 1. The molecule has 0 spiro atoms. The third-order valence-corrected chi connectivity index (χ3v) is 5.35. The fraction of sp³-hybridized carbons (Fsp3) is 0.263. The van der Waals surface area contributed by atoms with Crippen LogP contribution in [0.1, 0.15) is 23.2 Å². The number of aromatic nitrogens is 1. The van der Waals surface area contributed by atoms with E-state index in [4.69, 9.17) is 0 Å². The van der Waals surface area contributed by atoms with E-state index in [-0.39, 0.29) is 18.6 Å². The van der Waals surface area contributed by atoms with Gasteiger partial charge in [0.1, 0.15) is 5.82 Å². The van der Waals surface area contributed by atoms with Crippen molar-refractivity contribution >= 4 is 28.1 Å². The van der Waals surface area contributed by atoms with Crippen molar-refractivity contribution in [1.82, 2.24) is 9.88 Å². The number of benzene rings is 1. The van der Waals surface area contributed by atoms with Crippen LogP contribution in [0.2, 0.25) is 0 Å². The molecule has 1 N–H and O–H groups in total. The molecule has 1 aliphatic heterocycles. The van der Waals surface area contributed by atoms with Crippen LogP contribution in [0.25, 0.3) is 22.2 Å². The fourth-order valence-electron chi connectivity index (χ4n) is 3.38. The highest BCUT2D eigenvalue weighted by molar-refractivity contribution is 7.08. The van der Waals surface area contributed by atoms with Gasteiger partial charge in [0.25, 0.3) is 5.91 Å². The van der Waals surface area contributed by atoms with Gasteiger partial charge in [-0.05, 0) is 48.6 Å². The number of pyridine rings is 1. The van der Waals surface area contributed by atoms with Crippen molar-refractivity contribution in [3.8, 4) is 11.3 Å². The second kappa shape index (κ2) is 6.54. The van der Waals surface area contributed by atoms with E-state index in [0.717, 1.165) is 18.4 Å². The van der Waals surface area contributed by atoms with E-state index in [9.17, 15) is 14.3 Å². The van der Waals surface area contributed by atoms with Crippen LogP contribution < -0.4 is 0 Å². The van der Waals surface area contributed by atoms with Crippen molar-refractivity contribution in [2.75, 3.05) is 13.2 Å². The van der Waals surface area contributed by atoms with Crippen LogP contribution in [0.3, 0.4) is 0 Å². The predicted octanol–water partition coefficient (Wildman–Crippen LogP) is 3.70. The standard InChI is InChI=1S/C19H17FN2O2S/c20-13-3-4-17-15(8-13)16(9-18(21-17)12-5-7-25-11-12)19(24)22-6-1-2-14(22)10-23/h3-5,7-9,11,14,23H,1-2,6,10H2/t14-/m1/s1. The second-order valence-corrected chi connectivity index (χ2v) is 6.99. The zero-order valence-electron chi connectivity index (χ0n) is 13.5. The van der Waals surface area contributed by atoms with Crippen LogP contribution in [0.5, 0.6) is 0 Å². The van der Waals surface area contributed by atoms with Crippen LogP contribution >= 0.6 is 11.3 Å². The zero-order valence-corrected chi connectivity index (χ0v) is 14.3. The first-order valence-electron chi connectivity index (χ1n) is 8.22. The molecule has 0 radical (unpaired) electrons. The molecule has 0 saturated carbocycles. The predicted molar refractivity (Wildman–Crippen MR) is 96.2 cm³/mol. The molecule has 1 amide bonds. The Morgan fingerprint density at radius 3 is 3.00 bits per heavy atom. The van der Waals surface area contributed by atoms with Crippen LogP contribution in [-0.4, -0.2) is 40.1 Å². The average Bonchev–Trinajstić information content (AvgIpc) is 3.31. The van der Waals surface area contributed by atoms with E-state index in [1.807, 2.05) is 16.8 Å². The number of fused-ring (bicyclic) bond motifs is 1. The summed E-state index contributed by atoms with van der Waals surface area (Å²) in [6.07, 6.45) is 1.66. The zero-order chi connectivity index (χ0) is 17.4. The number of rotatable bonds is 3. The SMILES string of the molecule is O=C(c1cc(-c2ccsc2)nc2ccc(F)cc12)N1CCC[C@@H]1CO. The van der Waals surface area contributed by atoms with Gasteiger partial charge in [0.15, 0.2) is 0 Å². The van der Waals surface area contributed by atoms with Gasteiger partial charge < -0.3 is 10.0 Å². The summed E-state index contributed by atoms with van der Waals surface area (Å²) in [5, 5.41) is 14.0. The molecule has 0 unspecified atom stereocenters. The number of aliphatic hydroxyl groups is 1. The molecule has 1 fully saturated rings. The minimum Gasteiger partial charge on any atom is -0.394 e. The number of likely N-dealkylation sites (tertiary alicyclic amines) is 1. The summed E-state index contributed by atoms with van der Waals surface area (Å²) in [6, 6.07) is 7.82. The molecule has 0 bridgehead atoms. The van der Waals surface area contributed by atoms with Gasteiger partial charge in [-0.15, -0.1) is 0 Å². The fourth-order valence-corrected chi connectivity index (χ4v) is 4.03. The number of aliphatic hydroxyl groups excluding tert-OH is 1. The summed E-state index contributed by atoms with van der Waals surface area (Å²) in [5.74, 6) is -0.571. The lowest BCUT2D eigenvalue weighted by molar-refractivity contribution is 0.0679. The molecule has 4 rings (SSSR count). The quantitative estimate of drug-likeness (QED) is 0.778. The molecule has 1 saturated heterocycles. The van der Waals surface area contributed by atoms with Gasteiger partial charge >= 0.3 is 0 Å². The molecule has 2 aromatic heterocycles. The van der Waals surface area contributed by atoms with Gasteiger partial charge in [0, 0.05) is 22.9 Å². The normalized spacial score (nSPS) is 17.4. The van der Waals surface area contributed by atoms with Crippen LogP contribution in [0, 0.1) is 5.82 Å². The third-order valence-electron chi connectivity index (χ3n) is 4.67. The van der Waals surface area contributed by atoms with Crippen molar-refractivity contribution in [3.63, 3.8) is 0 Å². The topological polar surface area (TPSA) is 53.4 Å². The monoisotopic (exact) mass is 356 g/mol. The molecule has 3 aromatic rings. The number of nitrogens with zero attached hydrogens (tertiary/aromatic N) is 2. The number of hydrogen-bond acceptors (Lipinski definition) is 4. The maximum atomic E-state index is 13.8. The smallest absolute Gasteiger partial charge is 0.254 e. The molecule has 0 aliphatic carbocycles. The average molecular weight is 356 g/mol. The summed E-state index contributed by atoms with van der Waals surface area (Å²) < 4.78 is 13.8. The summed E-state index contributed by atoms with van der Waals surface area (Å²) in [4.78, 5) is 19.4. The van der Waals surface area contributed by atoms with Crippen molar-refractivity contribution in [2.45, 2.75) is 18.9 Å². The summed E-state index contributed by atoms with van der Waals surface area (Å²) >= 11 is 1.56. The van der Waals surface area contributed by atoms with Crippen molar-refractivity contribution in [2.24, 2.45) is 0 Å². The molecule has 4 nitrogen and oxygen atoms in total. The van der Waals surface area contributed by atoms with Crippen molar-refractivity contribution in [1.29, 1.82) is 0 Å². The lowest BCUT2D eigenvalue weighted by Crippen LogP contribution is -2.37. The number of amides is 1. The Labute approximate surface area is 148 Å². The highest BCUT2D eigenvalue weighted by Crippen LogP contribution is 2.29. The Bertz CT molecular complexity index is 927. The number of carbonyl (C=O) groups is 1. The van der Waals surface area contributed by atoms with Gasteiger partial charge in [-0.3, -0.25) is 4.79 Å². The first kappa shape index (κ1) is 16.2. The number of hydrogen-bond donors (Lipinski definition) is 1. The lowest BCUT2D eigenvalue weighted by atomic mass is 10.0. The Balaban J connectivity index is 1.88. The third kappa shape index (κ3) is 2.92. The van der Waals surface area contributed by atoms with Gasteiger partial charge in [0.05, 0.1) is 29.4 Å². The molecule has 25 heavy (non-hydrogen) atoms. The Morgan fingerprint density at radius 2 is 2.24 bits per heavy atom. The van der Waals surface area contributed by atoms with Gasteiger partial charge in [-0.2, -0.15) is 11.3 Å². The molecular formula is C19H17FN2O2S. The minimum atomic E-state index is -0.397. The van der Waals surface area contributed by atoms with Gasteiger partial charge in [0.2, 0.25) is 0 Å². The summed E-state index contributed by atoms with van der Waals surface area (Å²) in [6.45, 7) is 0.553. The van der Waals surface area contributed by atoms with E-state index in [2.05, 4.69) is 4.98 Å². The lowest BCUT2D eigenvalue weighted by Gasteiger charge is -2.24. The van der Waals surface area contributed by atoms with Gasteiger partial charge in [-0.1, -0.05) is 0 Å².